The lowest BCUT2D eigenvalue weighted by atomic mass is 10.2. The number of alkyl halides is 1. The van der Waals surface area contributed by atoms with E-state index < -0.39 is 0 Å². The molecule has 0 N–H and O–H groups in total. The minimum absolute atomic E-state index is 0.375. The maximum absolute atomic E-state index is 6.10. The molecule has 0 saturated carbocycles. The van der Waals surface area contributed by atoms with Crippen molar-refractivity contribution in [2.45, 2.75) is 5.88 Å². The first-order chi connectivity index (χ1) is 8.20. The van der Waals surface area contributed by atoms with Crippen LogP contribution in [0, 0.1) is 3.57 Å². The van der Waals surface area contributed by atoms with Crippen LogP contribution in [0.4, 0.5) is 0 Å². The fourth-order valence-electron chi connectivity index (χ4n) is 1.39. The van der Waals surface area contributed by atoms with E-state index in [9.17, 15) is 0 Å². The standard InChI is InChI=1S/C13H9Cl2IO/c14-8-9-2-1-3-12(15)13(9)17-11-6-4-10(16)5-7-11/h1-7H,8H2. The molecule has 0 radical (unpaired) electrons. The fraction of sp³-hybridized carbons (Fsp3) is 0.0769. The van der Waals surface area contributed by atoms with Crippen molar-refractivity contribution in [3.8, 4) is 11.5 Å². The van der Waals surface area contributed by atoms with Crippen LogP contribution in [-0.2, 0) is 5.88 Å². The van der Waals surface area contributed by atoms with E-state index in [1.54, 1.807) is 6.07 Å². The van der Waals surface area contributed by atoms with Crippen molar-refractivity contribution in [1.29, 1.82) is 0 Å². The lowest BCUT2D eigenvalue weighted by molar-refractivity contribution is 0.478. The summed E-state index contributed by atoms with van der Waals surface area (Å²) in [5.41, 5.74) is 0.887. The lowest BCUT2D eigenvalue weighted by Gasteiger charge is -2.11. The SMILES string of the molecule is ClCc1cccc(Cl)c1Oc1ccc(I)cc1. The summed E-state index contributed by atoms with van der Waals surface area (Å²) in [6.07, 6.45) is 0. The summed E-state index contributed by atoms with van der Waals surface area (Å²) in [6.45, 7) is 0. The van der Waals surface area contributed by atoms with Crippen molar-refractivity contribution in [2.75, 3.05) is 0 Å². The van der Waals surface area contributed by atoms with Crippen LogP contribution in [0.3, 0.4) is 0 Å². The molecule has 2 aromatic carbocycles. The van der Waals surface area contributed by atoms with Gasteiger partial charge in [-0.05, 0) is 52.9 Å². The molecule has 0 aromatic heterocycles. The highest BCUT2D eigenvalue weighted by molar-refractivity contribution is 14.1. The van der Waals surface area contributed by atoms with E-state index >= 15 is 0 Å². The van der Waals surface area contributed by atoms with Gasteiger partial charge >= 0.3 is 0 Å². The van der Waals surface area contributed by atoms with Crippen LogP contribution < -0.4 is 4.74 Å². The molecule has 2 rings (SSSR count). The summed E-state index contributed by atoms with van der Waals surface area (Å²) in [5, 5.41) is 0.571. The van der Waals surface area contributed by atoms with Crippen molar-refractivity contribution in [3.63, 3.8) is 0 Å². The van der Waals surface area contributed by atoms with Crippen molar-refractivity contribution in [3.05, 3.63) is 56.6 Å². The minimum Gasteiger partial charge on any atom is -0.455 e. The van der Waals surface area contributed by atoms with Gasteiger partial charge < -0.3 is 4.74 Å². The van der Waals surface area contributed by atoms with Gasteiger partial charge in [0.2, 0.25) is 0 Å². The molecule has 0 saturated heterocycles. The number of benzene rings is 2. The van der Waals surface area contributed by atoms with E-state index in [2.05, 4.69) is 22.6 Å². The summed E-state index contributed by atoms with van der Waals surface area (Å²) < 4.78 is 6.93. The van der Waals surface area contributed by atoms with E-state index in [0.717, 1.165) is 14.9 Å². The summed E-state index contributed by atoms with van der Waals surface area (Å²) in [7, 11) is 0. The Bertz CT molecular complexity index is 511. The third-order valence-corrected chi connectivity index (χ3v) is 3.53. The van der Waals surface area contributed by atoms with Gasteiger partial charge in [0.25, 0.3) is 0 Å². The summed E-state index contributed by atoms with van der Waals surface area (Å²) in [4.78, 5) is 0. The van der Waals surface area contributed by atoms with Gasteiger partial charge in [-0.1, -0.05) is 23.7 Å². The van der Waals surface area contributed by atoms with E-state index in [1.807, 2.05) is 36.4 Å². The van der Waals surface area contributed by atoms with Crippen LogP contribution in [0.5, 0.6) is 11.5 Å². The zero-order valence-corrected chi connectivity index (χ0v) is 12.5. The fourth-order valence-corrected chi connectivity index (χ4v) is 2.20. The number of rotatable bonds is 3. The van der Waals surface area contributed by atoms with Crippen molar-refractivity contribution < 1.29 is 4.74 Å². The summed E-state index contributed by atoms with van der Waals surface area (Å²) in [6, 6.07) is 13.3. The van der Waals surface area contributed by atoms with Crippen LogP contribution in [-0.4, -0.2) is 0 Å². The molecule has 0 unspecified atom stereocenters. The Morgan fingerprint density at radius 1 is 1.06 bits per heavy atom. The second-order valence-electron chi connectivity index (χ2n) is 3.42. The first-order valence-corrected chi connectivity index (χ1v) is 6.96. The van der Waals surface area contributed by atoms with E-state index in [1.165, 1.54) is 0 Å². The van der Waals surface area contributed by atoms with E-state index in [4.69, 9.17) is 27.9 Å². The number of hydrogen-bond donors (Lipinski definition) is 0. The minimum atomic E-state index is 0.375. The van der Waals surface area contributed by atoms with Crippen LogP contribution in [0.1, 0.15) is 5.56 Å². The van der Waals surface area contributed by atoms with Crippen LogP contribution >= 0.6 is 45.8 Å². The van der Waals surface area contributed by atoms with Gasteiger partial charge in [0.1, 0.15) is 11.5 Å². The molecule has 88 valence electrons. The Morgan fingerprint density at radius 3 is 2.41 bits per heavy atom. The second kappa shape index (κ2) is 5.94. The van der Waals surface area contributed by atoms with Gasteiger partial charge in [0, 0.05) is 9.13 Å². The van der Waals surface area contributed by atoms with Gasteiger partial charge in [0.05, 0.1) is 10.9 Å². The Kier molecular flexibility index (Phi) is 4.54. The smallest absolute Gasteiger partial charge is 0.150 e. The first-order valence-electron chi connectivity index (χ1n) is 4.97. The Balaban J connectivity index is 2.32. The van der Waals surface area contributed by atoms with Gasteiger partial charge in [0.15, 0.2) is 0 Å². The monoisotopic (exact) mass is 378 g/mol. The Hall–Kier alpha value is -0.450. The van der Waals surface area contributed by atoms with E-state index in [-0.39, 0.29) is 0 Å². The predicted octanol–water partition coefficient (Wildman–Crippen LogP) is 5.48. The van der Waals surface area contributed by atoms with Gasteiger partial charge in [-0.3, -0.25) is 0 Å². The third-order valence-electron chi connectivity index (χ3n) is 2.23. The lowest BCUT2D eigenvalue weighted by Crippen LogP contribution is -1.90. The Labute approximate surface area is 124 Å². The number of hydrogen-bond acceptors (Lipinski definition) is 1. The maximum atomic E-state index is 6.10. The second-order valence-corrected chi connectivity index (χ2v) is 5.34. The molecule has 0 aliphatic rings. The molecule has 1 nitrogen and oxygen atoms in total. The zero-order valence-electron chi connectivity index (χ0n) is 8.79. The largest absolute Gasteiger partial charge is 0.455 e. The topological polar surface area (TPSA) is 9.23 Å². The third kappa shape index (κ3) is 3.27. The molecule has 0 amide bonds. The molecule has 0 atom stereocenters. The quantitative estimate of drug-likeness (QED) is 0.507. The van der Waals surface area contributed by atoms with Crippen molar-refractivity contribution in [2.24, 2.45) is 0 Å². The molecule has 0 bridgehead atoms. The molecular formula is C13H9Cl2IO. The highest BCUT2D eigenvalue weighted by Gasteiger charge is 2.08. The van der Waals surface area contributed by atoms with Crippen LogP contribution in [0.25, 0.3) is 0 Å². The van der Waals surface area contributed by atoms with Gasteiger partial charge in [-0.2, -0.15) is 0 Å². The first kappa shape index (κ1) is 13.0. The normalized spacial score (nSPS) is 10.3. The zero-order chi connectivity index (χ0) is 12.3. The highest BCUT2D eigenvalue weighted by Crippen LogP contribution is 2.33. The molecule has 0 aliphatic heterocycles. The molecule has 0 fully saturated rings. The van der Waals surface area contributed by atoms with Crippen LogP contribution in [0.15, 0.2) is 42.5 Å². The van der Waals surface area contributed by atoms with E-state index in [0.29, 0.717) is 16.7 Å². The average Bonchev–Trinajstić information content (AvgIpc) is 2.34. The number of ether oxygens (including phenoxy) is 1. The number of halogens is 3. The summed E-state index contributed by atoms with van der Waals surface area (Å²) >= 11 is 14.2. The average molecular weight is 379 g/mol. The van der Waals surface area contributed by atoms with Gasteiger partial charge in [-0.25, -0.2) is 0 Å². The van der Waals surface area contributed by atoms with Crippen LogP contribution in [0.2, 0.25) is 5.02 Å². The molecule has 2 aromatic rings. The molecule has 17 heavy (non-hydrogen) atoms. The predicted molar refractivity (Wildman–Crippen MR) is 80.2 cm³/mol. The molecule has 0 heterocycles. The van der Waals surface area contributed by atoms with Crippen molar-refractivity contribution >= 4 is 45.8 Å². The Morgan fingerprint density at radius 2 is 1.76 bits per heavy atom. The highest BCUT2D eigenvalue weighted by atomic mass is 127. The molecule has 4 heteroatoms. The summed E-state index contributed by atoms with van der Waals surface area (Å²) in [5.74, 6) is 1.76. The molecular weight excluding hydrogens is 370 g/mol. The molecule has 0 aliphatic carbocycles. The maximum Gasteiger partial charge on any atom is 0.150 e. The number of para-hydroxylation sites is 1. The molecule has 0 spiro atoms. The van der Waals surface area contributed by atoms with Gasteiger partial charge in [-0.15, -0.1) is 11.6 Å². The van der Waals surface area contributed by atoms with Crippen molar-refractivity contribution in [1.82, 2.24) is 0 Å².